The summed E-state index contributed by atoms with van der Waals surface area (Å²) < 4.78 is 1.21. The molecular weight excluding hydrogens is 330 g/mol. The number of hydrogen-bond acceptors (Lipinski definition) is 2. The van der Waals surface area contributed by atoms with Crippen molar-refractivity contribution in [2.24, 2.45) is 0 Å². The van der Waals surface area contributed by atoms with Crippen molar-refractivity contribution in [2.75, 3.05) is 12.3 Å². The van der Waals surface area contributed by atoms with Crippen molar-refractivity contribution in [3.8, 4) is 0 Å². The van der Waals surface area contributed by atoms with Crippen LogP contribution in [0.2, 0.25) is 0 Å². The van der Waals surface area contributed by atoms with Crippen LogP contribution in [-0.2, 0) is 0 Å². The third-order valence-corrected chi connectivity index (χ3v) is 5.78. The lowest BCUT2D eigenvalue weighted by atomic mass is 9.94. The minimum Gasteiger partial charge on any atom is -0.310 e. The first-order valence-electron chi connectivity index (χ1n) is 7.61. The predicted molar refractivity (Wildman–Crippen MR) is 93.5 cm³/mol. The summed E-state index contributed by atoms with van der Waals surface area (Å²) in [6, 6.07) is 9.04. The maximum absolute atomic E-state index is 3.72. The van der Waals surface area contributed by atoms with Gasteiger partial charge in [-0.2, -0.15) is 0 Å². The molecule has 0 spiro atoms. The van der Waals surface area contributed by atoms with Gasteiger partial charge in [-0.3, -0.25) is 0 Å². The van der Waals surface area contributed by atoms with Gasteiger partial charge in [0.15, 0.2) is 0 Å². The first-order chi connectivity index (χ1) is 9.81. The van der Waals surface area contributed by atoms with Crippen LogP contribution in [-0.4, -0.2) is 18.3 Å². The molecule has 1 aromatic rings. The van der Waals surface area contributed by atoms with Crippen LogP contribution in [0.1, 0.15) is 39.0 Å². The van der Waals surface area contributed by atoms with Gasteiger partial charge in [-0.25, -0.2) is 0 Å². The number of benzene rings is 1. The summed E-state index contributed by atoms with van der Waals surface area (Å²) in [5, 5.41) is 3.72. The van der Waals surface area contributed by atoms with Crippen LogP contribution in [0.5, 0.6) is 0 Å². The zero-order valence-corrected chi connectivity index (χ0v) is 14.6. The first-order valence-corrected chi connectivity index (χ1v) is 9.38. The molecule has 0 heterocycles. The fourth-order valence-corrected chi connectivity index (χ4v) is 4.22. The highest BCUT2D eigenvalue weighted by Gasteiger charge is 2.16. The van der Waals surface area contributed by atoms with E-state index in [9.17, 15) is 0 Å². The van der Waals surface area contributed by atoms with Gasteiger partial charge in [-0.05, 0) is 66.7 Å². The Balaban J connectivity index is 1.96. The van der Waals surface area contributed by atoms with Crippen LogP contribution in [0, 0.1) is 0 Å². The maximum Gasteiger partial charge on any atom is 0.0374 e. The van der Waals surface area contributed by atoms with Gasteiger partial charge in [-0.1, -0.05) is 30.7 Å². The van der Waals surface area contributed by atoms with Crippen LogP contribution >= 0.6 is 27.7 Å². The van der Waals surface area contributed by atoms with E-state index < -0.39 is 0 Å². The number of rotatable bonds is 7. The third-order valence-electron chi connectivity index (χ3n) is 3.66. The van der Waals surface area contributed by atoms with Crippen LogP contribution in [0.4, 0.5) is 0 Å². The molecule has 1 unspecified atom stereocenters. The Morgan fingerprint density at radius 1 is 1.30 bits per heavy atom. The Bertz CT molecular complexity index is 444. The molecule has 3 heteroatoms. The second kappa shape index (κ2) is 8.91. The molecule has 0 radical (unpaired) electrons. The smallest absolute Gasteiger partial charge is 0.0374 e. The zero-order chi connectivity index (χ0) is 14.2. The molecule has 0 aromatic heterocycles. The molecule has 1 N–H and O–H groups in total. The van der Waals surface area contributed by atoms with E-state index in [1.165, 1.54) is 41.5 Å². The van der Waals surface area contributed by atoms with Gasteiger partial charge < -0.3 is 5.32 Å². The van der Waals surface area contributed by atoms with Crippen molar-refractivity contribution in [1.82, 2.24) is 5.32 Å². The minimum atomic E-state index is 0.535. The molecule has 0 aliphatic heterocycles. The largest absolute Gasteiger partial charge is 0.310 e. The highest BCUT2D eigenvalue weighted by molar-refractivity contribution is 9.10. The fraction of sp³-hybridized carbons (Fsp3) is 0.529. The van der Waals surface area contributed by atoms with E-state index in [0.717, 1.165) is 12.3 Å². The SMILES string of the molecule is CCCNC(CSc1ccccc1Br)C1=CCCCC1. The zero-order valence-electron chi connectivity index (χ0n) is 12.2. The summed E-state index contributed by atoms with van der Waals surface area (Å²) in [6.07, 6.45) is 8.93. The summed E-state index contributed by atoms with van der Waals surface area (Å²) in [7, 11) is 0. The van der Waals surface area contributed by atoms with Gasteiger partial charge >= 0.3 is 0 Å². The molecule has 0 saturated heterocycles. The van der Waals surface area contributed by atoms with Crippen molar-refractivity contribution in [3.05, 3.63) is 40.4 Å². The molecule has 20 heavy (non-hydrogen) atoms. The number of allylic oxidation sites excluding steroid dienone is 1. The molecule has 1 atom stereocenters. The van der Waals surface area contributed by atoms with Crippen molar-refractivity contribution in [2.45, 2.75) is 50.0 Å². The standard InChI is InChI=1S/C17H24BrNS/c1-2-12-19-16(14-8-4-3-5-9-14)13-20-17-11-7-6-10-15(17)18/h6-8,10-11,16,19H,2-5,9,12-13H2,1H3. The van der Waals surface area contributed by atoms with E-state index in [4.69, 9.17) is 0 Å². The average molecular weight is 354 g/mol. The molecule has 2 rings (SSSR count). The monoisotopic (exact) mass is 353 g/mol. The molecular formula is C17H24BrNS. The summed E-state index contributed by atoms with van der Waals surface area (Å²) in [4.78, 5) is 1.34. The molecule has 1 aromatic carbocycles. The van der Waals surface area contributed by atoms with Gasteiger partial charge in [0, 0.05) is 21.2 Å². The van der Waals surface area contributed by atoms with Crippen molar-refractivity contribution in [3.63, 3.8) is 0 Å². The summed E-state index contributed by atoms with van der Waals surface area (Å²) in [5.41, 5.74) is 1.63. The van der Waals surface area contributed by atoms with Gasteiger partial charge in [0.1, 0.15) is 0 Å². The van der Waals surface area contributed by atoms with E-state index in [1.807, 2.05) is 11.8 Å². The van der Waals surface area contributed by atoms with Crippen molar-refractivity contribution < 1.29 is 0 Å². The molecule has 110 valence electrons. The van der Waals surface area contributed by atoms with Gasteiger partial charge in [-0.15, -0.1) is 11.8 Å². The molecule has 0 saturated carbocycles. The number of hydrogen-bond donors (Lipinski definition) is 1. The summed E-state index contributed by atoms with van der Waals surface area (Å²) in [5.74, 6) is 1.12. The molecule has 0 bridgehead atoms. The average Bonchev–Trinajstić information content (AvgIpc) is 2.50. The Kier molecular flexibility index (Phi) is 7.18. The van der Waals surface area contributed by atoms with E-state index in [1.54, 1.807) is 5.57 Å². The summed E-state index contributed by atoms with van der Waals surface area (Å²) in [6.45, 7) is 3.35. The molecule has 0 fully saturated rings. The molecule has 1 aliphatic rings. The normalized spacial score (nSPS) is 16.8. The van der Waals surface area contributed by atoms with Crippen LogP contribution < -0.4 is 5.32 Å². The van der Waals surface area contributed by atoms with Gasteiger partial charge in [0.05, 0.1) is 0 Å². The van der Waals surface area contributed by atoms with E-state index in [2.05, 4.69) is 58.5 Å². The Morgan fingerprint density at radius 3 is 2.85 bits per heavy atom. The highest BCUT2D eigenvalue weighted by atomic mass is 79.9. The van der Waals surface area contributed by atoms with Crippen LogP contribution in [0.15, 0.2) is 45.3 Å². The summed E-state index contributed by atoms with van der Waals surface area (Å²) >= 11 is 5.59. The second-order valence-corrected chi connectivity index (χ2v) is 7.19. The Hall–Kier alpha value is -0.250. The second-order valence-electron chi connectivity index (χ2n) is 5.27. The number of halogens is 1. The quantitative estimate of drug-likeness (QED) is 0.519. The van der Waals surface area contributed by atoms with E-state index in [-0.39, 0.29) is 0 Å². The van der Waals surface area contributed by atoms with Crippen LogP contribution in [0.25, 0.3) is 0 Å². The lowest BCUT2D eigenvalue weighted by Crippen LogP contribution is -2.34. The third kappa shape index (κ3) is 4.94. The Labute approximate surface area is 135 Å². The van der Waals surface area contributed by atoms with E-state index >= 15 is 0 Å². The van der Waals surface area contributed by atoms with Crippen molar-refractivity contribution >= 4 is 27.7 Å². The highest BCUT2D eigenvalue weighted by Crippen LogP contribution is 2.30. The lowest BCUT2D eigenvalue weighted by molar-refractivity contribution is 0.562. The molecule has 1 nitrogen and oxygen atoms in total. The number of nitrogens with one attached hydrogen (secondary N) is 1. The lowest BCUT2D eigenvalue weighted by Gasteiger charge is -2.24. The fourth-order valence-electron chi connectivity index (χ4n) is 2.53. The maximum atomic E-state index is 3.72. The molecule has 0 amide bonds. The van der Waals surface area contributed by atoms with Gasteiger partial charge in [0.2, 0.25) is 0 Å². The topological polar surface area (TPSA) is 12.0 Å². The number of thioether (sulfide) groups is 1. The first kappa shape index (κ1) is 16.1. The van der Waals surface area contributed by atoms with E-state index in [0.29, 0.717) is 6.04 Å². The van der Waals surface area contributed by atoms with Crippen molar-refractivity contribution in [1.29, 1.82) is 0 Å². The molecule has 1 aliphatic carbocycles. The Morgan fingerprint density at radius 2 is 2.15 bits per heavy atom. The minimum absolute atomic E-state index is 0.535. The van der Waals surface area contributed by atoms with Gasteiger partial charge in [0.25, 0.3) is 0 Å². The van der Waals surface area contributed by atoms with Crippen LogP contribution in [0.3, 0.4) is 0 Å². The predicted octanol–water partition coefficient (Wildman–Crippen LogP) is 5.41.